The molecule has 0 bridgehead atoms. The van der Waals surface area contributed by atoms with Crippen LogP contribution < -0.4 is 5.63 Å². The Morgan fingerprint density at radius 1 is 1.05 bits per heavy atom. The lowest BCUT2D eigenvalue weighted by atomic mass is 10.0. The third-order valence-electron chi connectivity index (χ3n) is 2.80. The number of pyridine rings is 1. The van der Waals surface area contributed by atoms with Crippen LogP contribution in [0.4, 0.5) is 0 Å². The van der Waals surface area contributed by atoms with Gasteiger partial charge in [-0.1, -0.05) is 0 Å². The van der Waals surface area contributed by atoms with E-state index in [1.54, 1.807) is 24.5 Å². The summed E-state index contributed by atoms with van der Waals surface area (Å²) in [5, 5.41) is 19.8. The van der Waals surface area contributed by atoms with Gasteiger partial charge < -0.3 is 14.6 Å². The number of aromatic hydroxyl groups is 2. The maximum absolute atomic E-state index is 11.6. The number of nitrogens with zero attached hydrogens (tertiary/aromatic N) is 1. The van der Waals surface area contributed by atoms with Gasteiger partial charge in [0.15, 0.2) is 0 Å². The number of aromatic nitrogens is 1. The first kappa shape index (κ1) is 11.3. The fraction of sp³-hybridized carbons (Fsp3) is 0. The predicted octanol–water partition coefficient (Wildman–Crippen LogP) is 2.27. The SMILES string of the molecule is O=c1cc(-c2ccncc2)c2c(O)cc(O)cc2o1. The van der Waals surface area contributed by atoms with E-state index in [-0.39, 0.29) is 17.1 Å². The minimum absolute atomic E-state index is 0.136. The third kappa shape index (κ3) is 1.91. The van der Waals surface area contributed by atoms with E-state index in [0.717, 1.165) is 5.56 Å². The number of hydrogen-bond acceptors (Lipinski definition) is 5. The molecule has 3 rings (SSSR count). The average Bonchev–Trinajstić information content (AvgIpc) is 2.38. The highest BCUT2D eigenvalue weighted by Gasteiger charge is 2.13. The Morgan fingerprint density at radius 3 is 2.53 bits per heavy atom. The number of benzene rings is 1. The van der Waals surface area contributed by atoms with Crippen molar-refractivity contribution >= 4 is 11.0 Å². The summed E-state index contributed by atoms with van der Waals surface area (Å²) < 4.78 is 4.99. The van der Waals surface area contributed by atoms with Gasteiger partial charge in [-0.2, -0.15) is 0 Å². The molecule has 0 fully saturated rings. The van der Waals surface area contributed by atoms with E-state index in [9.17, 15) is 15.0 Å². The van der Waals surface area contributed by atoms with Crippen molar-refractivity contribution in [3.05, 3.63) is 53.1 Å². The van der Waals surface area contributed by atoms with Crippen LogP contribution in [0, 0.1) is 0 Å². The molecule has 0 saturated heterocycles. The smallest absolute Gasteiger partial charge is 0.336 e. The number of phenols is 2. The minimum atomic E-state index is -0.552. The molecule has 1 aromatic carbocycles. The van der Waals surface area contributed by atoms with E-state index in [4.69, 9.17) is 4.42 Å². The molecule has 5 nitrogen and oxygen atoms in total. The third-order valence-corrected chi connectivity index (χ3v) is 2.80. The molecule has 19 heavy (non-hydrogen) atoms. The Balaban J connectivity index is 2.45. The summed E-state index contributed by atoms with van der Waals surface area (Å²) in [6.07, 6.45) is 3.18. The first-order chi connectivity index (χ1) is 9.15. The molecule has 2 N–H and O–H groups in total. The van der Waals surface area contributed by atoms with Gasteiger partial charge in [0.2, 0.25) is 0 Å². The van der Waals surface area contributed by atoms with Crippen LogP contribution in [0.3, 0.4) is 0 Å². The van der Waals surface area contributed by atoms with Crippen LogP contribution in [0.15, 0.2) is 51.9 Å². The lowest BCUT2D eigenvalue weighted by molar-refractivity contribution is 0.451. The first-order valence-corrected chi connectivity index (χ1v) is 5.55. The molecule has 0 aliphatic carbocycles. The fourth-order valence-electron chi connectivity index (χ4n) is 2.02. The molecule has 0 aliphatic rings. The predicted molar refractivity (Wildman–Crippen MR) is 69.0 cm³/mol. The van der Waals surface area contributed by atoms with Crippen LogP contribution in [0.25, 0.3) is 22.1 Å². The van der Waals surface area contributed by atoms with Crippen molar-refractivity contribution < 1.29 is 14.6 Å². The number of fused-ring (bicyclic) bond motifs is 1. The number of phenolic OH excluding ortho intramolecular Hbond substituents is 2. The molecular formula is C14H9NO4. The summed E-state index contributed by atoms with van der Waals surface area (Å²) in [5.41, 5.74) is 0.848. The Kier molecular flexibility index (Phi) is 2.45. The zero-order chi connectivity index (χ0) is 13.4. The van der Waals surface area contributed by atoms with Gasteiger partial charge in [-0.05, 0) is 17.7 Å². The van der Waals surface area contributed by atoms with Crippen LogP contribution in [0.2, 0.25) is 0 Å². The lowest BCUT2D eigenvalue weighted by Crippen LogP contribution is -1.98. The summed E-state index contributed by atoms with van der Waals surface area (Å²) in [4.78, 5) is 15.5. The van der Waals surface area contributed by atoms with Crippen molar-refractivity contribution in [3.63, 3.8) is 0 Å². The zero-order valence-corrected chi connectivity index (χ0v) is 9.70. The summed E-state index contributed by atoms with van der Waals surface area (Å²) in [7, 11) is 0. The van der Waals surface area contributed by atoms with E-state index in [2.05, 4.69) is 4.98 Å². The largest absolute Gasteiger partial charge is 0.508 e. The molecule has 0 radical (unpaired) electrons. The highest BCUT2D eigenvalue weighted by molar-refractivity contribution is 5.98. The summed E-state index contributed by atoms with van der Waals surface area (Å²) in [6.45, 7) is 0. The van der Waals surface area contributed by atoms with Gasteiger partial charge in [0.25, 0.3) is 0 Å². The second kappa shape index (κ2) is 4.13. The van der Waals surface area contributed by atoms with Crippen LogP contribution in [-0.2, 0) is 0 Å². The second-order valence-corrected chi connectivity index (χ2v) is 4.05. The molecule has 2 aromatic heterocycles. The van der Waals surface area contributed by atoms with E-state index >= 15 is 0 Å². The highest BCUT2D eigenvalue weighted by atomic mass is 16.4. The molecule has 0 unspecified atom stereocenters. The van der Waals surface area contributed by atoms with Crippen molar-refractivity contribution in [1.82, 2.24) is 4.98 Å². The molecular weight excluding hydrogens is 246 g/mol. The standard InChI is InChI=1S/C14H9NO4/c16-9-5-11(17)14-10(8-1-3-15-4-2-8)7-13(18)19-12(14)6-9/h1-7,16-17H. The van der Waals surface area contributed by atoms with Gasteiger partial charge in [0.05, 0.1) is 5.39 Å². The van der Waals surface area contributed by atoms with Gasteiger partial charge in [-0.3, -0.25) is 4.98 Å². The molecule has 2 heterocycles. The van der Waals surface area contributed by atoms with E-state index in [0.29, 0.717) is 10.9 Å². The second-order valence-electron chi connectivity index (χ2n) is 4.05. The van der Waals surface area contributed by atoms with Crippen LogP contribution in [0.1, 0.15) is 0 Å². The van der Waals surface area contributed by atoms with E-state index in [1.165, 1.54) is 18.2 Å². The van der Waals surface area contributed by atoms with Gasteiger partial charge in [0, 0.05) is 36.2 Å². The quantitative estimate of drug-likeness (QED) is 0.651. The van der Waals surface area contributed by atoms with E-state index in [1.807, 2.05) is 0 Å². The summed E-state index contributed by atoms with van der Waals surface area (Å²) in [5.74, 6) is -0.314. The van der Waals surface area contributed by atoms with Crippen molar-refractivity contribution in [2.24, 2.45) is 0 Å². The summed E-state index contributed by atoms with van der Waals surface area (Å²) in [6, 6.07) is 7.24. The van der Waals surface area contributed by atoms with Crippen molar-refractivity contribution in [3.8, 4) is 22.6 Å². The Labute approximate surface area is 107 Å². The summed E-state index contributed by atoms with van der Waals surface area (Å²) >= 11 is 0. The minimum Gasteiger partial charge on any atom is -0.508 e. The lowest BCUT2D eigenvalue weighted by Gasteiger charge is -2.07. The number of rotatable bonds is 1. The fourth-order valence-corrected chi connectivity index (χ4v) is 2.02. The molecule has 0 saturated carbocycles. The average molecular weight is 255 g/mol. The van der Waals surface area contributed by atoms with Gasteiger partial charge >= 0.3 is 5.63 Å². The van der Waals surface area contributed by atoms with Gasteiger partial charge in [0.1, 0.15) is 17.1 Å². The van der Waals surface area contributed by atoms with Crippen LogP contribution in [-0.4, -0.2) is 15.2 Å². The van der Waals surface area contributed by atoms with Crippen molar-refractivity contribution in [2.75, 3.05) is 0 Å². The van der Waals surface area contributed by atoms with Crippen molar-refractivity contribution in [2.45, 2.75) is 0 Å². The van der Waals surface area contributed by atoms with Gasteiger partial charge in [-0.15, -0.1) is 0 Å². The van der Waals surface area contributed by atoms with Crippen molar-refractivity contribution in [1.29, 1.82) is 0 Å². The van der Waals surface area contributed by atoms with Crippen LogP contribution >= 0.6 is 0 Å². The molecule has 5 heteroatoms. The molecule has 0 amide bonds. The van der Waals surface area contributed by atoms with Gasteiger partial charge in [-0.25, -0.2) is 4.79 Å². The topological polar surface area (TPSA) is 83.6 Å². The van der Waals surface area contributed by atoms with E-state index < -0.39 is 5.63 Å². The van der Waals surface area contributed by atoms with Crippen LogP contribution in [0.5, 0.6) is 11.5 Å². The maximum Gasteiger partial charge on any atom is 0.336 e. The molecule has 3 aromatic rings. The highest BCUT2D eigenvalue weighted by Crippen LogP contribution is 2.35. The monoisotopic (exact) mass is 255 g/mol. The zero-order valence-electron chi connectivity index (χ0n) is 9.70. The Bertz CT molecular complexity index is 809. The normalized spacial score (nSPS) is 10.7. The maximum atomic E-state index is 11.6. The Hall–Kier alpha value is -2.82. The first-order valence-electron chi connectivity index (χ1n) is 5.55. The molecule has 94 valence electrons. The molecule has 0 atom stereocenters. The molecule has 0 aliphatic heterocycles. The Morgan fingerprint density at radius 2 is 1.79 bits per heavy atom. The number of hydrogen-bond donors (Lipinski definition) is 2. The molecule has 0 spiro atoms.